The molecular weight excluding hydrogens is 240 g/mol. The Hall–Kier alpha value is -1.94. The maximum absolute atomic E-state index is 10.6. The average Bonchev–Trinajstić information content (AvgIpc) is 2.29. The van der Waals surface area contributed by atoms with Gasteiger partial charge in [0.2, 0.25) is 11.2 Å². The van der Waals surface area contributed by atoms with Crippen molar-refractivity contribution in [3.63, 3.8) is 0 Å². The quantitative estimate of drug-likeness (QED) is 0.349. The number of aldehydes is 1. The monoisotopic (exact) mass is 250 g/mol. The lowest BCUT2D eigenvalue weighted by Gasteiger charge is -2.05. The van der Waals surface area contributed by atoms with Crippen molar-refractivity contribution in [2.24, 2.45) is 0 Å². The maximum Gasteiger partial charge on any atom is 0.226 e. The van der Waals surface area contributed by atoms with E-state index in [4.69, 9.17) is 16.3 Å². The summed E-state index contributed by atoms with van der Waals surface area (Å²) in [5, 5.41) is -0.0389. The number of ether oxygens (including phenoxy) is 1. The summed E-state index contributed by atoms with van der Waals surface area (Å²) >= 11 is 5.65. The van der Waals surface area contributed by atoms with E-state index in [9.17, 15) is 4.79 Å². The summed E-state index contributed by atoms with van der Waals surface area (Å²) in [6.07, 6.45) is 7.36. The second-order valence-corrected chi connectivity index (χ2v) is 3.26. The maximum atomic E-state index is 10.6. The predicted octanol–water partition coefficient (Wildman–Crippen LogP) is 2.97. The molecule has 0 aliphatic carbocycles. The van der Waals surface area contributed by atoms with Gasteiger partial charge in [-0.05, 0) is 30.7 Å². The van der Waals surface area contributed by atoms with Crippen LogP contribution in [0.25, 0.3) is 0 Å². The molecule has 0 fully saturated rings. The highest BCUT2D eigenvalue weighted by atomic mass is 35.5. The van der Waals surface area contributed by atoms with Crippen molar-refractivity contribution in [1.29, 1.82) is 0 Å². The van der Waals surface area contributed by atoms with E-state index < -0.39 is 0 Å². The second-order valence-electron chi connectivity index (χ2n) is 2.92. The van der Waals surface area contributed by atoms with Crippen LogP contribution >= 0.6 is 11.6 Å². The number of rotatable bonds is 5. The summed E-state index contributed by atoms with van der Waals surface area (Å²) in [7, 11) is 0. The molecule has 0 saturated heterocycles. The van der Waals surface area contributed by atoms with E-state index in [0.717, 1.165) is 0 Å². The average molecular weight is 251 g/mol. The zero-order valence-corrected chi connectivity index (χ0v) is 10.0. The first-order valence-electron chi connectivity index (χ1n) is 4.82. The standard InChI is InChI=1S/C12H11ClN2O2/c1-3-5-10(6-4-2)17-11-7-9(8-16)14-12(13)15-11/h3-8H,1H2,2H3/b6-4-,10-5+. The molecule has 0 atom stereocenters. The number of aromatic nitrogens is 2. The van der Waals surface area contributed by atoms with Gasteiger partial charge in [-0.3, -0.25) is 4.79 Å². The molecule has 0 radical (unpaired) electrons. The van der Waals surface area contributed by atoms with Crippen LogP contribution < -0.4 is 4.74 Å². The van der Waals surface area contributed by atoms with Crippen LogP contribution in [0.15, 0.2) is 42.7 Å². The largest absolute Gasteiger partial charge is 0.439 e. The third kappa shape index (κ3) is 4.20. The minimum Gasteiger partial charge on any atom is -0.439 e. The third-order valence-corrected chi connectivity index (χ3v) is 1.82. The molecule has 0 unspecified atom stereocenters. The molecule has 1 aromatic rings. The fourth-order valence-electron chi connectivity index (χ4n) is 1.05. The molecule has 0 spiro atoms. The predicted molar refractivity (Wildman–Crippen MR) is 66.2 cm³/mol. The van der Waals surface area contributed by atoms with Crippen molar-refractivity contribution in [3.05, 3.63) is 53.7 Å². The topological polar surface area (TPSA) is 52.1 Å². The minimum absolute atomic E-state index is 0.0389. The summed E-state index contributed by atoms with van der Waals surface area (Å²) in [5.74, 6) is 0.743. The SMILES string of the molecule is C=C/C=C(\C=C/C)Oc1cc(C=O)nc(Cl)n1. The fourth-order valence-corrected chi connectivity index (χ4v) is 1.23. The van der Waals surface area contributed by atoms with Crippen LogP contribution in [-0.2, 0) is 0 Å². The molecule has 0 aliphatic heterocycles. The molecule has 0 N–H and O–H groups in total. The number of hydrogen-bond acceptors (Lipinski definition) is 4. The van der Waals surface area contributed by atoms with Crippen LogP contribution in [0.5, 0.6) is 5.88 Å². The van der Waals surface area contributed by atoms with Gasteiger partial charge in [0.05, 0.1) is 0 Å². The van der Waals surface area contributed by atoms with E-state index in [1.165, 1.54) is 6.07 Å². The molecule has 5 heteroatoms. The van der Waals surface area contributed by atoms with Crippen molar-refractivity contribution < 1.29 is 9.53 Å². The van der Waals surface area contributed by atoms with E-state index in [1.54, 1.807) is 24.3 Å². The third-order valence-electron chi connectivity index (χ3n) is 1.65. The van der Waals surface area contributed by atoms with E-state index in [1.807, 2.05) is 6.92 Å². The molecule has 1 rings (SSSR count). The Balaban J connectivity index is 3.00. The number of carbonyl (C=O) groups is 1. The number of allylic oxidation sites excluding steroid dienone is 4. The molecule has 0 saturated carbocycles. The zero-order valence-electron chi connectivity index (χ0n) is 9.26. The van der Waals surface area contributed by atoms with E-state index in [0.29, 0.717) is 12.0 Å². The van der Waals surface area contributed by atoms with Gasteiger partial charge in [0.1, 0.15) is 11.5 Å². The van der Waals surface area contributed by atoms with Crippen molar-refractivity contribution in [3.8, 4) is 5.88 Å². The summed E-state index contributed by atoms with van der Waals surface area (Å²) in [5.41, 5.74) is 0.165. The summed E-state index contributed by atoms with van der Waals surface area (Å²) < 4.78 is 5.43. The second kappa shape index (κ2) is 6.60. The molecule has 0 aliphatic rings. The highest BCUT2D eigenvalue weighted by Crippen LogP contribution is 2.15. The van der Waals surface area contributed by atoms with Gasteiger partial charge in [-0.2, -0.15) is 4.98 Å². The van der Waals surface area contributed by atoms with Gasteiger partial charge in [0.25, 0.3) is 0 Å². The van der Waals surface area contributed by atoms with Gasteiger partial charge in [0, 0.05) is 6.07 Å². The number of nitrogens with zero attached hydrogens (tertiary/aromatic N) is 2. The molecule has 17 heavy (non-hydrogen) atoms. The molecular formula is C12H11ClN2O2. The Labute approximate surface area is 104 Å². The molecule has 0 aromatic carbocycles. The van der Waals surface area contributed by atoms with E-state index in [-0.39, 0.29) is 16.9 Å². The molecule has 4 nitrogen and oxygen atoms in total. The number of carbonyl (C=O) groups excluding carboxylic acids is 1. The van der Waals surface area contributed by atoms with Gasteiger partial charge in [-0.15, -0.1) is 0 Å². The van der Waals surface area contributed by atoms with Crippen molar-refractivity contribution in [2.75, 3.05) is 0 Å². The molecule has 1 heterocycles. The van der Waals surface area contributed by atoms with Gasteiger partial charge in [0.15, 0.2) is 6.29 Å². The fraction of sp³-hybridized carbons (Fsp3) is 0.0833. The summed E-state index contributed by atoms with van der Waals surface area (Å²) in [4.78, 5) is 18.1. The molecule has 0 bridgehead atoms. The summed E-state index contributed by atoms with van der Waals surface area (Å²) in [6.45, 7) is 5.42. The van der Waals surface area contributed by atoms with Crippen LogP contribution in [-0.4, -0.2) is 16.3 Å². The molecule has 1 aromatic heterocycles. The van der Waals surface area contributed by atoms with Crippen LogP contribution in [0, 0.1) is 0 Å². The Morgan fingerprint density at radius 2 is 2.29 bits per heavy atom. The van der Waals surface area contributed by atoms with Crippen molar-refractivity contribution in [1.82, 2.24) is 9.97 Å². The van der Waals surface area contributed by atoms with Crippen LogP contribution in [0.4, 0.5) is 0 Å². The highest BCUT2D eigenvalue weighted by molar-refractivity contribution is 6.28. The van der Waals surface area contributed by atoms with Crippen LogP contribution in [0.3, 0.4) is 0 Å². The smallest absolute Gasteiger partial charge is 0.226 e. The number of hydrogen-bond donors (Lipinski definition) is 0. The Kier molecular flexibility index (Phi) is 5.10. The van der Waals surface area contributed by atoms with Gasteiger partial charge in [-0.1, -0.05) is 18.7 Å². The van der Waals surface area contributed by atoms with E-state index >= 15 is 0 Å². The first kappa shape index (κ1) is 13.1. The molecule has 88 valence electrons. The van der Waals surface area contributed by atoms with Crippen LogP contribution in [0.2, 0.25) is 5.28 Å². The van der Waals surface area contributed by atoms with Gasteiger partial charge < -0.3 is 4.74 Å². The lowest BCUT2D eigenvalue weighted by atomic mass is 10.4. The lowest BCUT2D eigenvalue weighted by Crippen LogP contribution is -1.98. The first-order valence-corrected chi connectivity index (χ1v) is 5.20. The van der Waals surface area contributed by atoms with Crippen molar-refractivity contribution in [2.45, 2.75) is 6.92 Å². The normalized spacial score (nSPS) is 11.5. The Morgan fingerprint density at radius 3 is 2.88 bits per heavy atom. The van der Waals surface area contributed by atoms with Crippen LogP contribution in [0.1, 0.15) is 17.4 Å². The minimum atomic E-state index is -0.0389. The van der Waals surface area contributed by atoms with E-state index in [2.05, 4.69) is 16.5 Å². The van der Waals surface area contributed by atoms with Crippen molar-refractivity contribution >= 4 is 17.9 Å². The highest BCUT2D eigenvalue weighted by Gasteiger charge is 2.04. The molecule has 0 amide bonds. The van der Waals surface area contributed by atoms with Gasteiger partial charge in [-0.25, -0.2) is 4.98 Å². The Morgan fingerprint density at radius 1 is 1.53 bits per heavy atom. The summed E-state index contributed by atoms with van der Waals surface area (Å²) in [6, 6.07) is 1.40. The lowest BCUT2D eigenvalue weighted by molar-refractivity contribution is 0.111. The zero-order chi connectivity index (χ0) is 12.7. The Bertz CT molecular complexity index is 481. The van der Waals surface area contributed by atoms with Gasteiger partial charge >= 0.3 is 0 Å². The first-order chi connectivity index (χ1) is 8.19. The number of halogens is 1.